The number of nitrogens with zero attached hydrogens (tertiary/aromatic N) is 1. The van der Waals surface area contributed by atoms with Crippen molar-refractivity contribution in [2.75, 3.05) is 24.1 Å². The second kappa shape index (κ2) is 4.61. The number of hydrogen-bond donors (Lipinski definition) is 2. The molecule has 1 heterocycles. The smallest absolute Gasteiger partial charge is 0.321 e. The first kappa shape index (κ1) is 11.1. The van der Waals surface area contributed by atoms with Gasteiger partial charge in [0.25, 0.3) is 0 Å². The summed E-state index contributed by atoms with van der Waals surface area (Å²) in [4.78, 5) is 13.6. The summed E-state index contributed by atoms with van der Waals surface area (Å²) >= 11 is 5.97. The summed E-state index contributed by atoms with van der Waals surface area (Å²) in [6.45, 7) is 1.60. The minimum Gasteiger partial charge on any atom is -0.397 e. The molecule has 0 radical (unpaired) electrons. The van der Waals surface area contributed by atoms with Crippen LogP contribution in [0.5, 0.6) is 0 Å². The second-order valence-electron chi connectivity index (χ2n) is 3.83. The normalized spacial score (nSPS) is 15.2. The molecule has 16 heavy (non-hydrogen) atoms. The highest BCUT2D eigenvalue weighted by Crippen LogP contribution is 2.28. The average molecular weight is 240 g/mol. The molecule has 1 aromatic rings. The number of carbonyl (C=O) groups is 1. The highest BCUT2D eigenvalue weighted by molar-refractivity contribution is 6.34. The zero-order chi connectivity index (χ0) is 11.5. The van der Waals surface area contributed by atoms with E-state index < -0.39 is 0 Å². The number of carbonyl (C=O) groups excluding carboxylic acids is 1. The fraction of sp³-hybridized carbons (Fsp3) is 0.364. The fourth-order valence-electron chi connectivity index (χ4n) is 1.78. The summed E-state index contributed by atoms with van der Waals surface area (Å²) < 4.78 is 0. The van der Waals surface area contributed by atoms with E-state index in [-0.39, 0.29) is 6.03 Å². The van der Waals surface area contributed by atoms with Crippen molar-refractivity contribution in [3.63, 3.8) is 0 Å². The number of nitrogens with one attached hydrogen (secondary N) is 1. The van der Waals surface area contributed by atoms with Crippen molar-refractivity contribution in [1.82, 2.24) is 4.90 Å². The molecule has 0 spiro atoms. The quantitative estimate of drug-likeness (QED) is 0.740. The van der Waals surface area contributed by atoms with Crippen LogP contribution in [0.2, 0.25) is 5.02 Å². The monoisotopic (exact) mass is 239 g/mol. The number of urea groups is 1. The average Bonchev–Trinajstić information content (AvgIpc) is 2.76. The number of amides is 2. The first-order chi connectivity index (χ1) is 7.68. The van der Waals surface area contributed by atoms with E-state index in [1.165, 1.54) is 0 Å². The molecule has 2 amide bonds. The molecular formula is C11H14ClN3O. The lowest BCUT2D eigenvalue weighted by Crippen LogP contribution is -2.32. The number of halogens is 1. The van der Waals surface area contributed by atoms with Gasteiger partial charge in [-0.05, 0) is 25.0 Å². The first-order valence-corrected chi connectivity index (χ1v) is 5.66. The Kier molecular flexibility index (Phi) is 3.19. The van der Waals surface area contributed by atoms with E-state index in [1.54, 1.807) is 23.1 Å². The molecule has 5 heteroatoms. The van der Waals surface area contributed by atoms with Crippen molar-refractivity contribution in [2.45, 2.75) is 12.8 Å². The number of nitrogens with two attached hydrogens (primary N) is 1. The van der Waals surface area contributed by atoms with Crippen molar-refractivity contribution in [2.24, 2.45) is 0 Å². The molecule has 0 aromatic heterocycles. The molecule has 86 valence electrons. The number of benzene rings is 1. The summed E-state index contributed by atoms with van der Waals surface area (Å²) in [5.41, 5.74) is 6.74. The number of anilines is 2. The third-order valence-corrected chi connectivity index (χ3v) is 2.99. The minimum atomic E-state index is -0.127. The molecular weight excluding hydrogens is 226 g/mol. The van der Waals surface area contributed by atoms with Gasteiger partial charge in [-0.25, -0.2) is 4.79 Å². The van der Waals surface area contributed by atoms with Crippen LogP contribution in [0.1, 0.15) is 12.8 Å². The lowest BCUT2D eigenvalue weighted by atomic mass is 10.2. The van der Waals surface area contributed by atoms with Gasteiger partial charge in [0, 0.05) is 13.1 Å². The number of likely N-dealkylation sites (tertiary alicyclic amines) is 1. The molecule has 2 rings (SSSR count). The maximum absolute atomic E-state index is 11.8. The van der Waals surface area contributed by atoms with Gasteiger partial charge < -0.3 is 16.0 Å². The summed E-state index contributed by atoms with van der Waals surface area (Å²) in [6, 6.07) is 5.05. The molecule has 1 aliphatic heterocycles. The van der Waals surface area contributed by atoms with Crippen LogP contribution in [0.4, 0.5) is 16.2 Å². The molecule has 3 N–H and O–H groups in total. The molecule has 0 aliphatic carbocycles. The Balaban J connectivity index is 2.11. The van der Waals surface area contributed by atoms with Gasteiger partial charge in [-0.1, -0.05) is 17.7 Å². The Hall–Kier alpha value is -1.42. The molecule has 0 bridgehead atoms. The molecule has 1 aliphatic rings. The Morgan fingerprint density at radius 3 is 2.69 bits per heavy atom. The Labute approximate surface area is 99.4 Å². The largest absolute Gasteiger partial charge is 0.397 e. The van der Waals surface area contributed by atoms with Gasteiger partial charge in [-0.2, -0.15) is 0 Å². The maximum Gasteiger partial charge on any atom is 0.321 e. The van der Waals surface area contributed by atoms with E-state index in [0.29, 0.717) is 16.4 Å². The van der Waals surface area contributed by atoms with Gasteiger partial charge in [-0.15, -0.1) is 0 Å². The van der Waals surface area contributed by atoms with E-state index in [1.807, 2.05) is 0 Å². The Morgan fingerprint density at radius 2 is 2.06 bits per heavy atom. The predicted octanol–water partition coefficient (Wildman–Crippen LogP) is 2.55. The van der Waals surface area contributed by atoms with E-state index >= 15 is 0 Å². The molecule has 4 nitrogen and oxygen atoms in total. The second-order valence-corrected chi connectivity index (χ2v) is 4.24. The Morgan fingerprint density at radius 1 is 1.38 bits per heavy atom. The lowest BCUT2D eigenvalue weighted by molar-refractivity contribution is 0.222. The van der Waals surface area contributed by atoms with Crippen LogP contribution in [0.15, 0.2) is 18.2 Å². The van der Waals surface area contributed by atoms with Gasteiger partial charge in [0.2, 0.25) is 0 Å². The van der Waals surface area contributed by atoms with Crippen molar-refractivity contribution in [3.05, 3.63) is 23.2 Å². The highest BCUT2D eigenvalue weighted by atomic mass is 35.5. The highest BCUT2D eigenvalue weighted by Gasteiger charge is 2.19. The van der Waals surface area contributed by atoms with Crippen LogP contribution in [0.3, 0.4) is 0 Å². The Bertz CT molecular complexity index is 382. The lowest BCUT2D eigenvalue weighted by Gasteiger charge is -2.17. The number of hydrogen-bond acceptors (Lipinski definition) is 2. The zero-order valence-corrected chi connectivity index (χ0v) is 9.63. The van der Waals surface area contributed by atoms with Crippen LogP contribution < -0.4 is 11.1 Å². The standard InChI is InChI=1S/C11H14ClN3O/c12-8-4-3-5-9(13)10(8)14-11(16)15-6-1-2-7-15/h3-5H,1-2,6-7,13H2,(H,14,16). The molecule has 0 atom stereocenters. The van der Waals surface area contributed by atoms with Gasteiger partial charge in [0.1, 0.15) is 0 Å². The number of para-hydroxylation sites is 1. The molecule has 1 fully saturated rings. The fourth-order valence-corrected chi connectivity index (χ4v) is 2.01. The third-order valence-electron chi connectivity index (χ3n) is 2.67. The van der Waals surface area contributed by atoms with Crippen LogP contribution in [-0.4, -0.2) is 24.0 Å². The van der Waals surface area contributed by atoms with E-state index in [9.17, 15) is 4.79 Å². The molecule has 1 saturated heterocycles. The minimum absolute atomic E-state index is 0.127. The van der Waals surface area contributed by atoms with E-state index in [0.717, 1.165) is 25.9 Å². The summed E-state index contributed by atoms with van der Waals surface area (Å²) in [5.74, 6) is 0. The maximum atomic E-state index is 11.8. The molecule has 1 aromatic carbocycles. The number of nitrogen functional groups attached to an aromatic ring is 1. The van der Waals surface area contributed by atoms with Crippen LogP contribution >= 0.6 is 11.6 Å². The molecule has 0 saturated carbocycles. The number of rotatable bonds is 1. The van der Waals surface area contributed by atoms with Crippen molar-refractivity contribution >= 4 is 29.0 Å². The van der Waals surface area contributed by atoms with Gasteiger partial charge in [0.05, 0.1) is 16.4 Å². The van der Waals surface area contributed by atoms with Gasteiger partial charge in [-0.3, -0.25) is 0 Å². The summed E-state index contributed by atoms with van der Waals surface area (Å²) in [7, 11) is 0. The van der Waals surface area contributed by atoms with Crippen LogP contribution in [0, 0.1) is 0 Å². The van der Waals surface area contributed by atoms with Gasteiger partial charge >= 0.3 is 6.03 Å². The third kappa shape index (κ3) is 2.22. The van der Waals surface area contributed by atoms with Crippen LogP contribution in [-0.2, 0) is 0 Å². The zero-order valence-electron chi connectivity index (χ0n) is 8.87. The summed E-state index contributed by atoms with van der Waals surface area (Å²) in [6.07, 6.45) is 2.12. The van der Waals surface area contributed by atoms with Crippen molar-refractivity contribution in [1.29, 1.82) is 0 Å². The SMILES string of the molecule is Nc1cccc(Cl)c1NC(=O)N1CCCC1. The van der Waals surface area contributed by atoms with E-state index in [2.05, 4.69) is 5.32 Å². The van der Waals surface area contributed by atoms with E-state index in [4.69, 9.17) is 17.3 Å². The van der Waals surface area contributed by atoms with Crippen molar-refractivity contribution in [3.8, 4) is 0 Å². The summed E-state index contributed by atoms with van der Waals surface area (Å²) in [5, 5.41) is 3.22. The predicted molar refractivity (Wildman–Crippen MR) is 65.7 cm³/mol. The molecule has 0 unspecified atom stereocenters. The topological polar surface area (TPSA) is 58.4 Å². The first-order valence-electron chi connectivity index (χ1n) is 5.28. The van der Waals surface area contributed by atoms with Crippen LogP contribution in [0.25, 0.3) is 0 Å². The van der Waals surface area contributed by atoms with Crippen molar-refractivity contribution < 1.29 is 4.79 Å². The van der Waals surface area contributed by atoms with Gasteiger partial charge in [0.15, 0.2) is 0 Å².